The maximum atomic E-state index is 11.1. The summed E-state index contributed by atoms with van der Waals surface area (Å²) >= 11 is 0. The lowest BCUT2D eigenvalue weighted by molar-refractivity contribution is -0.116. The Bertz CT molecular complexity index is 426. The average Bonchev–Trinajstić information content (AvgIpc) is 2.28. The zero-order chi connectivity index (χ0) is 12.9. The molecule has 0 aromatic heterocycles. The fraction of sp³-hybridized carbons (Fsp3) is 0.364. The quantitative estimate of drug-likeness (QED) is 0.793. The van der Waals surface area contributed by atoms with E-state index >= 15 is 0 Å². The van der Waals surface area contributed by atoms with Gasteiger partial charge < -0.3 is 9.32 Å². The van der Waals surface area contributed by atoms with Gasteiger partial charge in [0, 0.05) is 13.5 Å². The van der Waals surface area contributed by atoms with Crippen LogP contribution in [0.4, 0.5) is 0 Å². The number of aryl methyl sites for hydroxylation is 1. The summed E-state index contributed by atoms with van der Waals surface area (Å²) in [4.78, 5) is 19.9. The number of carbonyl (C=O) groups excluding carboxylic acids is 1. The smallest absolute Gasteiger partial charge is 0.404 e. The molecule has 0 spiro atoms. The van der Waals surface area contributed by atoms with Crippen molar-refractivity contribution >= 4 is 13.6 Å². The van der Waals surface area contributed by atoms with Gasteiger partial charge in [-0.3, -0.25) is 9.42 Å². The van der Waals surface area contributed by atoms with Crippen LogP contribution >= 0.6 is 7.82 Å². The third-order valence-electron chi connectivity index (χ3n) is 2.14. The number of Topliss-reactive ketones (excluding diaryl/α,β-unsaturated/α-hetero) is 1. The van der Waals surface area contributed by atoms with E-state index in [1.807, 2.05) is 0 Å². The van der Waals surface area contributed by atoms with Gasteiger partial charge in [-0.15, -0.1) is 0 Å². The number of carbonyl (C=O) groups is 1. The van der Waals surface area contributed by atoms with Crippen molar-refractivity contribution in [1.82, 2.24) is 0 Å². The minimum atomic E-state index is -4.00. The van der Waals surface area contributed by atoms with Gasteiger partial charge in [-0.25, -0.2) is 4.57 Å². The van der Waals surface area contributed by atoms with Gasteiger partial charge in [0.25, 0.3) is 0 Å². The van der Waals surface area contributed by atoms with Crippen LogP contribution in [0.1, 0.15) is 18.9 Å². The number of hydrogen-bond acceptors (Lipinski definition) is 4. The first-order valence-electron chi connectivity index (χ1n) is 5.09. The Morgan fingerprint density at radius 1 is 1.35 bits per heavy atom. The number of benzene rings is 1. The molecule has 1 rings (SSSR count). The van der Waals surface area contributed by atoms with Crippen LogP contribution in [0.2, 0.25) is 0 Å². The molecule has 94 valence electrons. The maximum Gasteiger partial charge on any atom is 0.527 e. The van der Waals surface area contributed by atoms with Crippen molar-refractivity contribution in [2.75, 3.05) is 7.11 Å². The van der Waals surface area contributed by atoms with Crippen molar-refractivity contribution in [3.05, 3.63) is 29.8 Å². The number of rotatable bonds is 6. The predicted octanol–water partition coefficient (Wildman–Crippen LogP) is 2.33. The molecule has 5 nitrogen and oxygen atoms in total. The van der Waals surface area contributed by atoms with Crippen LogP contribution < -0.4 is 4.52 Å². The largest absolute Gasteiger partial charge is 0.527 e. The molecule has 1 atom stereocenters. The van der Waals surface area contributed by atoms with E-state index in [0.717, 1.165) is 12.7 Å². The number of ketones is 1. The first kappa shape index (κ1) is 13.9. The average molecular weight is 258 g/mol. The van der Waals surface area contributed by atoms with E-state index < -0.39 is 7.82 Å². The minimum Gasteiger partial charge on any atom is -0.404 e. The second-order valence-electron chi connectivity index (χ2n) is 3.59. The summed E-state index contributed by atoms with van der Waals surface area (Å²) < 4.78 is 20.2. The lowest BCUT2D eigenvalue weighted by atomic mass is 10.1. The second kappa shape index (κ2) is 5.96. The third-order valence-corrected chi connectivity index (χ3v) is 3.04. The Balaban J connectivity index is 2.62. The van der Waals surface area contributed by atoms with Crippen molar-refractivity contribution < 1.29 is 23.3 Å². The number of phosphoric ester groups is 1. The SMILES string of the molecule is COP(=O)(O)Oc1ccc(CCC(C)=O)cc1. The first-order chi connectivity index (χ1) is 7.93. The monoisotopic (exact) mass is 258 g/mol. The molecule has 1 aromatic carbocycles. The molecule has 6 heteroatoms. The Morgan fingerprint density at radius 2 is 1.94 bits per heavy atom. The van der Waals surface area contributed by atoms with Crippen molar-refractivity contribution in [1.29, 1.82) is 0 Å². The molecule has 0 aliphatic heterocycles. The molecule has 1 N–H and O–H groups in total. The summed E-state index contributed by atoms with van der Waals surface area (Å²) in [5.41, 5.74) is 0.970. The molecule has 0 heterocycles. The normalized spacial score (nSPS) is 14.1. The number of phosphoric acid groups is 1. The fourth-order valence-electron chi connectivity index (χ4n) is 1.21. The predicted molar refractivity (Wildman–Crippen MR) is 62.9 cm³/mol. The van der Waals surface area contributed by atoms with Crippen LogP contribution in [-0.2, 0) is 20.3 Å². The summed E-state index contributed by atoms with van der Waals surface area (Å²) in [5, 5.41) is 0. The van der Waals surface area contributed by atoms with Crippen molar-refractivity contribution in [3.8, 4) is 5.75 Å². The van der Waals surface area contributed by atoms with Crippen LogP contribution in [0.5, 0.6) is 5.75 Å². The van der Waals surface area contributed by atoms with E-state index in [9.17, 15) is 9.36 Å². The fourth-order valence-corrected chi connectivity index (χ4v) is 1.67. The Labute approximate surface area is 100.0 Å². The van der Waals surface area contributed by atoms with Crippen molar-refractivity contribution in [2.24, 2.45) is 0 Å². The molecular weight excluding hydrogens is 243 g/mol. The molecule has 0 radical (unpaired) electrons. The van der Waals surface area contributed by atoms with Crippen LogP contribution in [0.15, 0.2) is 24.3 Å². The highest BCUT2D eigenvalue weighted by atomic mass is 31.2. The van der Waals surface area contributed by atoms with E-state index in [-0.39, 0.29) is 11.5 Å². The molecule has 0 bridgehead atoms. The molecule has 0 amide bonds. The van der Waals surface area contributed by atoms with E-state index in [2.05, 4.69) is 4.52 Å². The molecule has 1 aromatic rings. The van der Waals surface area contributed by atoms with Gasteiger partial charge >= 0.3 is 7.82 Å². The highest BCUT2D eigenvalue weighted by Gasteiger charge is 2.19. The van der Waals surface area contributed by atoms with Gasteiger partial charge in [-0.1, -0.05) is 12.1 Å². The molecule has 0 saturated heterocycles. The van der Waals surface area contributed by atoms with Crippen LogP contribution in [0.25, 0.3) is 0 Å². The summed E-state index contributed by atoms with van der Waals surface area (Å²) in [7, 11) is -2.90. The molecular formula is C11H15O5P. The first-order valence-corrected chi connectivity index (χ1v) is 6.59. The van der Waals surface area contributed by atoms with Gasteiger partial charge in [-0.2, -0.15) is 0 Å². The summed E-state index contributed by atoms with van der Waals surface area (Å²) in [6.07, 6.45) is 1.13. The molecule has 0 fully saturated rings. The third kappa shape index (κ3) is 5.13. The topological polar surface area (TPSA) is 72.8 Å². The van der Waals surface area contributed by atoms with Crippen molar-refractivity contribution in [2.45, 2.75) is 19.8 Å². The van der Waals surface area contributed by atoms with Gasteiger partial charge in [0.05, 0.1) is 0 Å². The standard InChI is InChI=1S/C11H15O5P/c1-9(12)3-4-10-5-7-11(8-6-10)16-17(13,14)15-2/h5-8H,3-4H2,1-2H3,(H,13,14). The zero-order valence-electron chi connectivity index (χ0n) is 9.75. The molecule has 1 unspecified atom stereocenters. The summed E-state index contributed by atoms with van der Waals surface area (Å²) in [6, 6.07) is 6.62. The Kier molecular flexibility index (Phi) is 4.87. The number of hydrogen-bond donors (Lipinski definition) is 1. The molecule has 0 saturated carbocycles. The summed E-state index contributed by atoms with van der Waals surface area (Å²) in [6.45, 7) is 1.54. The van der Waals surface area contributed by atoms with E-state index in [1.54, 1.807) is 24.3 Å². The van der Waals surface area contributed by atoms with Gasteiger partial charge in [0.15, 0.2) is 0 Å². The second-order valence-corrected chi connectivity index (χ2v) is 5.07. The Morgan fingerprint density at radius 3 is 2.41 bits per heavy atom. The molecule has 0 aliphatic rings. The van der Waals surface area contributed by atoms with E-state index in [4.69, 9.17) is 9.42 Å². The van der Waals surface area contributed by atoms with Crippen LogP contribution in [0, 0.1) is 0 Å². The zero-order valence-corrected chi connectivity index (χ0v) is 10.6. The highest BCUT2D eigenvalue weighted by molar-refractivity contribution is 7.47. The van der Waals surface area contributed by atoms with Crippen LogP contribution in [-0.4, -0.2) is 17.8 Å². The van der Waals surface area contributed by atoms with Gasteiger partial charge in [-0.05, 0) is 31.0 Å². The van der Waals surface area contributed by atoms with Crippen molar-refractivity contribution in [3.63, 3.8) is 0 Å². The lowest BCUT2D eigenvalue weighted by Gasteiger charge is -2.10. The van der Waals surface area contributed by atoms with Crippen LogP contribution in [0.3, 0.4) is 0 Å². The Hall–Kier alpha value is -1.16. The molecule has 17 heavy (non-hydrogen) atoms. The molecule has 0 aliphatic carbocycles. The maximum absolute atomic E-state index is 11.1. The van der Waals surface area contributed by atoms with E-state index in [0.29, 0.717) is 12.8 Å². The summed E-state index contributed by atoms with van der Waals surface area (Å²) in [5.74, 6) is 0.383. The highest BCUT2D eigenvalue weighted by Crippen LogP contribution is 2.42. The minimum absolute atomic E-state index is 0.129. The lowest BCUT2D eigenvalue weighted by Crippen LogP contribution is -1.95. The van der Waals surface area contributed by atoms with E-state index in [1.165, 1.54) is 6.92 Å². The van der Waals surface area contributed by atoms with Gasteiger partial charge in [0.2, 0.25) is 0 Å². The van der Waals surface area contributed by atoms with Gasteiger partial charge in [0.1, 0.15) is 11.5 Å².